The Morgan fingerprint density at radius 3 is 3.00 bits per heavy atom. The smallest absolute Gasteiger partial charge is 0.343 e. The lowest BCUT2D eigenvalue weighted by atomic mass is 10.1. The number of hydrogen-bond donors (Lipinski definition) is 0. The van der Waals surface area contributed by atoms with Crippen LogP contribution in [0.5, 0.6) is 0 Å². The summed E-state index contributed by atoms with van der Waals surface area (Å²) < 4.78 is 5.14. The standard InChI is InChI=1S/C12H9N3O2/c1-8(7-14-15-13)10-6-9-4-2-3-5-11(9)17-12(10)16/h2-6H,1,7H2. The van der Waals surface area contributed by atoms with E-state index in [1.165, 1.54) is 0 Å². The second-order valence-electron chi connectivity index (χ2n) is 3.48. The second-order valence-corrected chi connectivity index (χ2v) is 3.48. The maximum atomic E-state index is 11.7. The molecule has 0 aliphatic carbocycles. The summed E-state index contributed by atoms with van der Waals surface area (Å²) in [5.74, 6) is 0. The number of azide groups is 1. The van der Waals surface area contributed by atoms with Crippen LogP contribution in [-0.2, 0) is 0 Å². The molecule has 0 fully saturated rings. The Labute approximate surface area is 96.6 Å². The molecular weight excluding hydrogens is 218 g/mol. The Bertz CT molecular complexity index is 681. The first-order chi connectivity index (χ1) is 8.22. The van der Waals surface area contributed by atoms with Crippen LogP contribution in [-0.4, -0.2) is 6.54 Å². The van der Waals surface area contributed by atoms with Gasteiger partial charge in [-0.1, -0.05) is 29.9 Å². The van der Waals surface area contributed by atoms with Crippen LogP contribution in [0.4, 0.5) is 0 Å². The van der Waals surface area contributed by atoms with E-state index in [-0.39, 0.29) is 6.54 Å². The number of fused-ring (bicyclic) bond motifs is 1. The van der Waals surface area contributed by atoms with E-state index in [4.69, 9.17) is 9.95 Å². The van der Waals surface area contributed by atoms with Crippen LogP contribution in [0.3, 0.4) is 0 Å². The first-order valence-electron chi connectivity index (χ1n) is 4.94. The molecule has 0 amide bonds. The zero-order valence-electron chi connectivity index (χ0n) is 8.96. The number of hydrogen-bond acceptors (Lipinski definition) is 3. The van der Waals surface area contributed by atoms with E-state index >= 15 is 0 Å². The third-order valence-electron chi connectivity index (χ3n) is 2.35. The van der Waals surface area contributed by atoms with Gasteiger partial charge in [-0.05, 0) is 23.2 Å². The molecule has 1 heterocycles. The van der Waals surface area contributed by atoms with Crippen LogP contribution < -0.4 is 5.63 Å². The summed E-state index contributed by atoms with van der Waals surface area (Å²) >= 11 is 0. The van der Waals surface area contributed by atoms with Crippen molar-refractivity contribution in [3.05, 3.63) is 63.3 Å². The lowest BCUT2D eigenvalue weighted by Gasteiger charge is -2.02. The van der Waals surface area contributed by atoms with Gasteiger partial charge in [-0.3, -0.25) is 0 Å². The molecule has 0 N–H and O–H groups in total. The maximum absolute atomic E-state index is 11.7. The molecule has 5 nitrogen and oxygen atoms in total. The highest BCUT2D eigenvalue weighted by Crippen LogP contribution is 2.16. The normalized spacial score (nSPS) is 9.88. The van der Waals surface area contributed by atoms with Gasteiger partial charge in [0.1, 0.15) is 5.58 Å². The molecule has 2 rings (SSSR count). The summed E-state index contributed by atoms with van der Waals surface area (Å²) in [5, 5.41) is 4.18. The highest BCUT2D eigenvalue weighted by atomic mass is 16.4. The minimum Gasteiger partial charge on any atom is -0.422 e. The van der Waals surface area contributed by atoms with E-state index in [1.54, 1.807) is 18.2 Å². The number of benzene rings is 1. The Kier molecular flexibility index (Phi) is 2.94. The van der Waals surface area contributed by atoms with Crippen LogP contribution in [0.15, 0.2) is 51.2 Å². The summed E-state index contributed by atoms with van der Waals surface area (Å²) in [4.78, 5) is 14.3. The van der Waals surface area contributed by atoms with Gasteiger partial charge in [0.2, 0.25) is 0 Å². The Morgan fingerprint density at radius 1 is 1.47 bits per heavy atom. The largest absolute Gasteiger partial charge is 0.422 e. The van der Waals surface area contributed by atoms with Gasteiger partial charge < -0.3 is 4.42 Å². The molecule has 0 unspecified atom stereocenters. The Morgan fingerprint density at radius 2 is 2.24 bits per heavy atom. The Hall–Kier alpha value is -2.52. The molecule has 0 spiro atoms. The van der Waals surface area contributed by atoms with Gasteiger partial charge in [0, 0.05) is 10.3 Å². The highest BCUT2D eigenvalue weighted by molar-refractivity contribution is 5.80. The van der Waals surface area contributed by atoms with Crippen molar-refractivity contribution in [2.75, 3.05) is 6.54 Å². The summed E-state index contributed by atoms with van der Waals surface area (Å²) in [7, 11) is 0. The zero-order chi connectivity index (χ0) is 12.3. The van der Waals surface area contributed by atoms with Gasteiger partial charge in [-0.25, -0.2) is 4.79 Å². The van der Waals surface area contributed by atoms with E-state index in [9.17, 15) is 4.79 Å². The molecule has 84 valence electrons. The van der Waals surface area contributed by atoms with Crippen molar-refractivity contribution in [3.8, 4) is 0 Å². The average molecular weight is 227 g/mol. The third kappa shape index (κ3) is 2.19. The van der Waals surface area contributed by atoms with Gasteiger partial charge >= 0.3 is 5.63 Å². The zero-order valence-corrected chi connectivity index (χ0v) is 8.96. The predicted octanol–water partition coefficient (Wildman–Crippen LogP) is 3.12. The quantitative estimate of drug-likeness (QED) is 0.349. The first-order valence-corrected chi connectivity index (χ1v) is 4.94. The molecule has 0 saturated heterocycles. The SMILES string of the molecule is C=C(CN=[N+]=[N-])c1cc2ccccc2oc1=O. The molecule has 2 aromatic rings. The molecule has 0 saturated carbocycles. The summed E-state index contributed by atoms with van der Waals surface area (Å²) in [6, 6.07) is 8.89. The fourth-order valence-corrected chi connectivity index (χ4v) is 1.51. The van der Waals surface area contributed by atoms with Gasteiger partial charge in [-0.2, -0.15) is 0 Å². The molecule has 5 heteroatoms. The lowest BCUT2D eigenvalue weighted by molar-refractivity contribution is 0.558. The summed E-state index contributed by atoms with van der Waals surface area (Å²) in [5.41, 5.74) is 9.06. The molecule has 1 aromatic heterocycles. The van der Waals surface area contributed by atoms with E-state index in [0.29, 0.717) is 16.7 Å². The van der Waals surface area contributed by atoms with Gasteiger partial charge in [0.05, 0.1) is 12.1 Å². The monoisotopic (exact) mass is 227 g/mol. The first kappa shape index (κ1) is 11.0. The van der Waals surface area contributed by atoms with Crippen LogP contribution in [0.2, 0.25) is 0 Å². The summed E-state index contributed by atoms with van der Waals surface area (Å²) in [6.07, 6.45) is 0. The average Bonchev–Trinajstić information content (AvgIpc) is 2.35. The minimum atomic E-state index is -0.471. The van der Waals surface area contributed by atoms with Crippen LogP contribution in [0.25, 0.3) is 27.0 Å². The van der Waals surface area contributed by atoms with Crippen molar-refractivity contribution in [3.63, 3.8) is 0 Å². The van der Waals surface area contributed by atoms with Gasteiger partial charge in [-0.15, -0.1) is 0 Å². The fraction of sp³-hybridized carbons (Fsp3) is 0.0833. The topological polar surface area (TPSA) is 79.0 Å². The molecule has 1 aromatic carbocycles. The van der Waals surface area contributed by atoms with Crippen LogP contribution >= 0.6 is 0 Å². The van der Waals surface area contributed by atoms with Crippen molar-refractivity contribution in [1.29, 1.82) is 0 Å². The van der Waals surface area contributed by atoms with E-state index < -0.39 is 5.63 Å². The van der Waals surface area contributed by atoms with Crippen molar-refractivity contribution in [2.45, 2.75) is 0 Å². The van der Waals surface area contributed by atoms with Crippen LogP contribution in [0, 0.1) is 0 Å². The highest BCUT2D eigenvalue weighted by Gasteiger charge is 2.07. The van der Waals surface area contributed by atoms with E-state index in [2.05, 4.69) is 16.6 Å². The molecule has 17 heavy (non-hydrogen) atoms. The maximum Gasteiger partial charge on any atom is 0.343 e. The van der Waals surface area contributed by atoms with Crippen molar-refractivity contribution in [1.82, 2.24) is 0 Å². The third-order valence-corrected chi connectivity index (χ3v) is 2.35. The predicted molar refractivity (Wildman–Crippen MR) is 65.5 cm³/mol. The van der Waals surface area contributed by atoms with Crippen molar-refractivity contribution in [2.24, 2.45) is 5.11 Å². The summed E-state index contributed by atoms with van der Waals surface area (Å²) in [6.45, 7) is 3.76. The molecule has 0 bridgehead atoms. The van der Waals surface area contributed by atoms with E-state index in [1.807, 2.05) is 12.1 Å². The van der Waals surface area contributed by atoms with Crippen molar-refractivity contribution < 1.29 is 4.42 Å². The van der Waals surface area contributed by atoms with E-state index in [0.717, 1.165) is 5.39 Å². The lowest BCUT2D eigenvalue weighted by Crippen LogP contribution is -2.07. The second kappa shape index (κ2) is 4.55. The molecule has 0 atom stereocenters. The molecule has 0 radical (unpaired) electrons. The van der Waals surface area contributed by atoms with Crippen molar-refractivity contribution >= 4 is 16.5 Å². The number of nitrogens with zero attached hydrogens (tertiary/aromatic N) is 3. The number of rotatable bonds is 3. The molecule has 0 aliphatic heterocycles. The minimum absolute atomic E-state index is 0.0552. The van der Waals surface area contributed by atoms with Gasteiger partial charge in [0.25, 0.3) is 0 Å². The van der Waals surface area contributed by atoms with Crippen LogP contribution in [0.1, 0.15) is 5.56 Å². The number of para-hydroxylation sites is 1. The van der Waals surface area contributed by atoms with Gasteiger partial charge in [0.15, 0.2) is 0 Å². The fourth-order valence-electron chi connectivity index (χ4n) is 1.51. The molecule has 0 aliphatic rings. The molecular formula is C12H9N3O2. The Balaban J connectivity index is 2.54.